The summed E-state index contributed by atoms with van der Waals surface area (Å²) in [5.41, 5.74) is 6.13. The normalized spacial score (nSPS) is 15.8. The SMILES string of the molecule is CCNC(C)(CC(C)Sc1ccc(C)cc1)C(N)=O. The van der Waals surface area contributed by atoms with Crippen LogP contribution in [0.15, 0.2) is 29.2 Å². The predicted octanol–water partition coefficient (Wildman–Crippen LogP) is 2.72. The average molecular weight is 280 g/mol. The molecule has 0 aromatic heterocycles. The molecule has 2 atom stereocenters. The number of amides is 1. The molecule has 19 heavy (non-hydrogen) atoms. The first-order valence-electron chi connectivity index (χ1n) is 6.65. The highest BCUT2D eigenvalue weighted by Gasteiger charge is 2.31. The first kappa shape index (κ1) is 16.1. The van der Waals surface area contributed by atoms with Gasteiger partial charge in [0.25, 0.3) is 0 Å². The summed E-state index contributed by atoms with van der Waals surface area (Å²) >= 11 is 1.77. The molecule has 1 amide bonds. The van der Waals surface area contributed by atoms with Crippen molar-refractivity contribution in [1.82, 2.24) is 5.32 Å². The highest BCUT2D eigenvalue weighted by atomic mass is 32.2. The fourth-order valence-corrected chi connectivity index (χ4v) is 3.29. The first-order chi connectivity index (χ1) is 8.87. The minimum atomic E-state index is -0.633. The molecular weight excluding hydrogens is 256 g/mol. The zero-order chi connectivity index (χ0) is 14.5. The highest BCUT2D eigenvalue weighted by Crippen LogP contribution is 2.28. The van der Waals surface area contributed by atoms with Crippen LogP contribution in [0.3, 0.4) is 0 Å². The fraction of sp³-hybridized carbons (Fsp3) is 0.533. The second kappa shape index (κ2) is 6.96. The predicted molar refractivity (Wildman–Crippen MR) is 82.4 cm³/mol. The summed E-state index contributed by atoms with van der Waals surface area (Å²) in [7, 11) is 0. The number of aryl methyl sites for hydroxylation is 1. The van der Waals surface area contributed by atoms with Gasteiger partial charge in [-0.3, -0.25) is 4.79 Å². The molecule has 4 heteroatoms. The van der Waals surface area contributed by atoms with Crippen LogP contribution in [-0.2, 0) is 4.79 Å². The molecule has 106 valence electrons. The molecule has 2 unspecified atom stereocenters. The van der Waals surface area contributed by atoms with E-state index in [1.807, 2.05) is 13.8 Å². The Bertz CT molecular complexity index is 419. The minimum Gasteiger partial charge on any atom is -0.368 e. The van der Waals surface area contributed by atoms with Crippen LogP contribution in [0.25, 0.3) is 0 Å². The molecule has 1 aromatic rings. The van der Waals surface area contributed by atoms with Crippen LogP contribution in [0, 0.1) is 6.92 Å². The van der Waals surface area contributed by atoms with E-state index in [1.165, 1.54) is 10.5 Å². The Labute approximate surface area is 120 Å². The van der Waals surface area contributed by atoms with E-state index in [0.29, 0.717) is 11.7 Å². The molecule has 0 saturated heterocycles. The largest absolute Gasteiger partial charge is 0.368 e. The van der Waals surface area contributed by atoms with E-state index in [4.69, 9.17) is 5.73 Å². The third kappa shape index (κ3) is 4.88. The third-order valence-electron chi connectivity index (χ3n) is 3.16. The quantitative estimate of drug-likeness (QED) is 0.755. The number of benzene rings is 1. The van der Waals surface area contributed by atoms with E-state index < -0.39 is 5.54 Å². The molecule has 0 aliphatic carbocycles. The van der Waals surface area contributed by atoms with Gasteiger partial charge >= 0.3 is 0 Å². The molecule has 0 fully saturated rings. The van der Waals surface area contributed by atoms with E-state index in [2.05, 4.69) is 43.4 Å². The van der Waals surface area contributed by atoms with Crippen molar-refractivity contribution in [3.63, 3.8) is 0 Å². The van der Waals surface area contributed by atoms with Crippen LogP contribution in [0.5, 0.6) is 0 Å². The summed E-state index contributed by atoms with van der Waals surface area (Å²) in [6.07, 6.45) is 0.717. The fourth-order valence-electron chi connectivity index (χ4n) is 2.12. The van der Waals surface area contributed by atoms with Crippen LogP contribution in [0.1, 0.15) is 32.8 Å². The van der Waals surface area contributed by atoms with Gasteiger partial charge in [-0.1, -0.05) is 31.5 Å². The molecule has 3 nitrogen and oxygen atoms in total. The van der Waals surface area contributed by atoms with Crippen molar-refractivity contribution in [2.24, 2.45) is 5.73 Å². The average Bonchev–Trinajstić information content (AvgIpc) is 2.32. The maximum Gasteiger partial charge on any atom is 0.237 e. The Morgan fingerprint density at radius 1 is 1.42 bits per heavy atom. The number of hydrogen-bond acceptors (Lipinski definition) is 3. The monoisotopic (exact) mass is 280 g/mol. The number of primary amides is 1. The molecule has 0 heterocycles. The van der Waals surface area contributed by atoms with Gasteiger partial charge in [0.05, 0.1) is 5.54 Å². The number of carbonyl (C=O) groups is 1. The lowest BCUT2D eigenvalue weighted by molar-refractivity contribution is -0.124. The van der Waals surface area contributed by atoms with Gasteiger partial charge in [-0.15, -0.1) is 11.8 Å². The second-order valence-electron chi connectivity index (χ2n) is 5.17. The minimum absolute atomic E-state index is 0.286. The lowest BCUT2D eigenvalue weighted by atomic mass is 9.95. The molecule has 0 aliphatic heterocycles. The van der Waals surface area contributed by atoms with Crippen molar-refractivity contribution in [3.8, 4) is 0 Å². The van der Waals surface area contributed by atoms with E-state index in [0.717, 1.165) is 6.54 Å². The molecule has 3 N–H and O–H groups in total. The topological polar surface area (TPSA) is 55.1 Å². The van der Waals surface area contributed by atoms with Crippen LogP contribution >= 0.6 is 11.8 Å². The third-order valence-corrected chi connectivity index (χ3v) is 4.28. The molecule has 1 rings (SSSR count). The summed E-state index contributed by atoms with van der Waals surface area (Å²) in [6, 6.07) is 8.44. The number of nitrogens with one attached hydrogen (secondary N) is 1. The molecule has 0 aliphatic rings. The van der Waals surface area contributed by atoms with Crippen LogP contribution in [0.4, 0.5) is 0 Å². The smallest absolute Gasteiger partial charge is 0.237 e. The van der Waals surface area contributed by atoms with Crippen molar-refractivity contribution in [2.75, 3.05) is 6.54 Å². The molecule has 0 radical (unpaired) electrons. The zero-order valence-electron chi connectivity index (χ0n) is 12.2. The van der Waals surface area contributed by atoms with Gasteiger partial charge in [0, 0.05) is 10.1 Å². The van der Waals surface area contributed by atoms with Gasteiger partial charge in [0.15, 0.2) is 0 Å². The van der Waals surface area contributed by atoms with Crippen LogP contribution in [-0.4, -0.2) is 23.2 Å². The number of thioether (sulfide) groups is 1. The van der Waals surface area contributed by atoms with E-state index in [-0.39, 0.29) is 5.91 Å². The van der Waals surface area contributed by atoms with Gasteiger partial charge in [-0.25, -0.2) is 0 Å². The number of rotatable bonds is 7. The van der Waals surface area contributed by atoms with E-state index >= 15 is 0 Å². The standard InChI is InChI=1S/C15H24N2OS/c1-5-17-15(4,14(16)18)10-12(3)19-13-8-6-11(2)7-9-13/h6-9,12,17H,5,10H2,1-4H3,(H2,16,18). The summed E-state index contributed by atoms with van der Waals surface area (Å²) < 4.78 is 0. The van der Waals surface area contributed by atoms with Gasteiger partial charge in [0.2, 0.25) is 5.91 Å². The Morgan fingerprint density at radius 2 is 2.00 bits per heavy atom. The number of likely N-dealkylation sites (N-methyl/N-ethyl adjacent to an activating group) is 1. The summed E-state index contributed by atoms with van der Waals surface area (Å²) in [5.74, 6) is -0.286. The first-order valence-corrected chi connectivity index (χ1v) is 7.53. The Morgan fingerprint density at radius 3 is 2.47 bits per heavy atom. The van der Waals surface area contributed by atoms with Gasteiger partial charge in [-0.2, -0.15) is 0 Å². The highest BCUT2D eigenvalue weighted by molar-refractivity contribution is 7.99. The molecule has 1 aromatic carbocycles. The van der Waals surface area contributed by atoms with E-state index in [9.17, 15) is 4.79 Å². The van der Waals surface area contributed by atoms with Crippen LogP contribution in [0.2, 0.25) is 0 Å². The van der Waals surface area contributed by atoms with Crippen LogP contribution < -0.4 is 11.1 Å². The van der Waals surface area contributed by atoms with Crippen molar-refractivity contribution in [3.05, 3.63) is 29.8 Å². The number of hydrogen-bond donors (Lipinski definition) is 2. The Hall–Kier alpha value is -1.00. The second-order valence-corrected chi connectivity index (χ2v) is 6.68. The maximum atomic E-state index is 11.6. The van der Waals surface area contributed by atoms with Crippen molar-refractivity contribution in [1.29, 1.82) is 0 Å². The molecule has 0 bridgehead atoms. The molecular formula is C15H24N2OS. The zero-order valence-corrected chi connectivity index (χ0v) is 13.0. The Balaban J connectivity index is 2.65. The number of carbonyl (C=O) groups excluding carboxylic acids is 1. The van der Waals surface area contributed by atoms with Crippen molar-refractivity contribution >= 4 is 17.7 Å². The molecule has 0 spiro atoms. The van der Waals surface area contributed by atoms with Gasteiger partial charge in [-0.05, 0) is 38.9 Å². The summed E-state index contributed by atoms with van der Waals surface area (Å²) in [5, 5.41) is 3.52. The van der Waals surface area contributed by atoms with E-state index in [1.54, 1.807) is 11.8 Å². The van der Waals surface area contributed by atoms with Gasteiger partial charge < -0.3 is 11.1 Å². The summed E-state index contributed by atoms with van der Waals surface area (Å²) in [6.45, 7) is 8.81. The lowest BCUT2D eigenvalue weighted by Crippen LogP contribution is -2.54. The molecule has 0 saturated carbocycles. The number of nitrogens with two attached hydrogens (primary N) is 1. The Kier molecular flexibility index (Phi) is 5.88. The summed E-state index contributed by atoms with van der Waals surface area (Å²) in [4.78, 5) is 12.8. The maximum absolute atomic E-state index is 11.6. The van der Waals surface area contributed by atoms with Crippen molar-refractivity contribution in [2.45, 2.75) is 49.8 Å². The van der Waals surface area contributed by atoms with Crippen molar-refractivity contribution < 1.29 is 4.79 Å². The lowest BCUT2D eigenvalue weighted by Gasteiger charge is -2.29. The van der Waals surface area contributed by atoms with Gasteiger partial charge in [0.1, 0.15) is 0 Å².